The summed E-state index contributed by atoms with van der Waals surface area (Å²) in [5, 5.41) is 5.47. The highest BCUT2D eigenvalue weighted by Crippen LogP contribution is 2.37. The Morgan fingerprint density at radius 3 is 2.00 bits per heavy atom. The van der Waals surface area contributed by atoms with Crippen molar-refractivity contribution in [3.8, 4) is 0 Å². The monoisotopic (exact) mass is 427 g/mol. The minimum atomic E-state index is -4.90. The molecule has 0 amide bonds. The zero-order valence-electron chi connectivity index (χ0n) is 15.8. The number of thiocarbonyl (C=S) groups is 1. The second kappa shape index (κ2) is 8.06. The standard InChI is InChI=1S/C18H23F6N3S/c1-16(2,3)27-6-4-5-13(10-27)25-15(28)26-14-8-11(17(19,20)21)7-12(9-14)18(22,23)24/h7-9,13H,4-6,10H2,1-3H3,(H2,25,26,28)/t13-/m0/s1. The van der Waals surface area contributed by atoms with E-state index in [2.05, 4.69) is 36.3 Å². The fraction of sp³-hybridized carbons (Fsp3) is 0.611. The van der Waals surface area contributed by atoms with Crippen molar-refractivity contribution < 1.29 is 26.3 Å². The predicted molar refractivity (Wildman–Crippen MR) is 100 cm³/mol. The largest absolute Gasteiger partial charge is 0.416 e. The number of alkyl halides is 6. The molecule has 1 aromatic rings. The molecule has 28 heavy (non-hydrogen) atoms. The molecule has 0 spiro atoms. The summed E-state index contributed by atoms with van der Waals surface area (Å²) in [4.78, 5) is 2.25. The number of hydrogen-bond donors (Lipinski definition) is 2. The molecular weight excluding hydrogens is 404 g/mol. The summed E-state index contributed by atoms with van der Waals surface area (Å²) in [5.41, 5.74) is -3.17. The molecule has 0 radical (unpaired) electrons. The highest BCUT2D eigenvalue weighted by Gasteiger charge is 2.37. The van der Waals surface area contributed by atoms with E-state index >= 15 is 0 Å². The van der Waals surface area contributed by atoms with Gasteiger partial charge in [0, 0.05) is 23.8 Å². The first-order chi connectivity index (χ1) is 12.7. The van der Waals surface area contributed by atoms with Gasteiger partial charge in [0.15, 0.2) is 5.11 Å². The molecule has 0 aliphatic carbocycles. The van der Waals surface area contributed by atoms with Crippen LogP contribution in [0.3, 0.4) is 0 Å². The van der Waals surface area contributed by atoms with Gasteiger partial charge in [0.25, 0.3) is 0 Å². The Balaban J connectivity index is 2.13. The van der Waals surface area contributed by atoms with Gasteiger partial charge in [0.05, 0.1) is 11.1 Å². The van der Waals surface area contributed by atoms with Crippen molar-refractivity contribution in [3.63, 3.8) is 0 Å². The van der Waals surface area contributed by atoms with Gasteiger partial charge >= 0.3 is 12.4 Å². The topological polar surface area (TPSA) is 27.3 Å². The van der Waals surface area contributed by atoms with E-state index in [1.54, 1.807) is 0 Å². The summed E-state index contributed by atoms with van der Waals surface area (Å²) in [6.45, 7) is 7.83. The Labute approximate surface area is 165 Å². The zero-order valence-corrected chi connectivity index (χ0v) is 16.6. The van der Waals surface area contributed by atoms with E-state index in [9.17, 15) is 26.3 Å². The summed E-state index contributed by atoms with van der Waals surface area (Å²) in [7, 11) is 0. The number of halogens is 6. The molecule has 1 saturated heterocycles. The number of rotatable bonds is 2. The van der Waals surface area contributed by atoms with Crippen LogP contribution < -0.4 is 10.6 Å². The normalized spacial score (nSPS) is 19.4. The molecule has 0 aromatic heterocycles. The highest BCUT2D eigenvalue weighted by atomic mass is 32.1. The van der Waals surface area contributed by atoms with Gasteiger partial charge in [-0.05, 0) is 70.6 Å². The van der Waals surface area contributed by atoms with E-state index in [0.717, 1.165) is 19.4 Å². The second-order valence-corrected chi connectivity index (χ2v) is 8.26. The van der Waals surface area contributed by atoms with Crippen molar-refractivity contribution in [1.82, 2.24) is 10.2 Å². The summed E-state index contributed by atoms with van der Waals surface area (Å²) in [6.07, 6.45) is -8.07. The molecule has 1 atom stereocenters. The van der Waals surface area contributed by atoms with Crippen LogP contribution in [0.25, 0.3) is 0 Å². The molecule has 1 aromatic carbocycles. The summed E-state index contributed by atoms with van der Waals surface area (Å²) in [5.74, 6) is 0. The van der Waals surface area contributed by atoms with Crippen molar-refractivity contribution in [2.45, 2.75) is 57.5 Å². The number of nitrogens with zero attached hydrogens (tertiary/aromatic N) is 1. The van der Waals surface area contributed by atoms with Gasteiger partial charge in [-0.3, -0.25) is 4.90 Å². The molecule has 2 rings (SSSR count). The van der Waals surface area contributed by atoms with Crippen molar-refractivity contribution in [2.24, 2.45) is 0 Å². The number of anilines is 1. The van der Waals surface area contributed by atoms with Crippen LogP contribution in [0.5, 0.6) is 0 Å². The molecule has 1 aliphatic rings. The number of hydrogen-bond acceptors (Lipinski definition) is 2. The van der Waals surface area contributed by atoms with Crippen molar-refractivity contribution in [1.29, 1.82) is 0 Å². The van der Waals surface area contributed by atoms with Crippen LogP contribution in [0.15, 0.2) is 18.2 Å². The molecule has 0 unspecified atom stereocenters. The molecule has 1 heterocycles. The van der Waals surface area contributed by atoms with Crippen LogP contribution in [-0.2, 0) is 12.4 Å². The molecular formula is C18H23F6N3S. The van der Waals surface area contributed by atoms with Gasteiger partial charge in [0.2, 0.25) is 0 Å². The average Bonchev–Trinajstić information content (AvgIpc) is 2.52. The molecule has 10 heteroatoms. The maximum Gasteiger partial charge on any atom is 0.416 e. The van der Waals surface area contributed by atoms with Gasteiger partial charge in [-0.15, -0.1) is 0 Å². The van der Waals surface area contributed by atoms with Crippen molar-refractivity contribution in [2.75, 3.05) is 18.4 Å². The lowest BCUT2D eigenvalue weighted by Crippen LogP contribution is -2.54. The minimum absolute atomic E-state index is 0.00629. The van der Waals surface area contributed by atoms with Gasteiger partial charge in [-0.25, -0.2) is 0 Å². The van der Waals surface area contributed by atoms with Crippen LogP contribution in [-0.4, -0.2) is 34.7 Å². The van der Waals surface area contributed by atoms with Crippen LogP contribution in [0, 0.1) is 0 Å². The first-order valence-corrected chi connectivity index (χ1v) is 9.19. The van der Waals surface area contributed by atoms with Crippen LogP contribution in [0.1, 0.15) is 44.7 Å². The molecule has 2 N–H and O–H groups in total. The average molecular weight is 427 g/mol. The summed E-state index contributed by atoms with van der Waals surface area (Å²) < 4.78 is 77.7. The lowest BCUT2D eigenvalue weighted by atomic mass is 9.98. The van der Waals surface area contributed by atoms with Crippen LogP contribution in [0.2, 0.25) is 0 Å². The number of piperidine rings is 1. The van der Waals surface area contributed by atoms with Gasteiger partial charge < -0.3 is 10.6 Å². The summed E-state index contributed by atoms with van der Waals surface area (Å²) in [6, 6.07) is 1.28. The van der Waals surface area contributed by atoms with Crippen molar-refractivity contribution >= 4 is 23.0 Å². The van der Waals surface area contributed by atoms with E-state index in [1.165, 1.54) is 0 Å². The van der Waals surface area contributed by atoms with E-state index in [-0.39, 0.29) is 28.4 Å². The molecule has 1 fully saturated rings. The molecule has 0 saturated carbocycles. The Hall–Kier alpha value is -1.55. The van der Waals surface area contributed by atoms with E-state index in [0.29, 0.717) is 18.7 Å². The Kier molecular flexibility index (Phi) is 6.54. The quantitative estimate of drug-likeness (QED) is 0.497. The van der Waals surface area contributed by atoms with Gasteiger partial charge in [-0.1, -0.05) is 0 Å². The predicted octanol–water partition coefficient (Wildman–Crippen LogP) is 5.27. The third-order valence-corrected chi connectivity index (χ3v) is 4.77. The van der Waals surface area contributed by atoms with E-state index in [1.807, 2.05) is 0 Å². The first kappa shape index (κ1) is 22.7. The summed E-state index contributed by atoms with van der Waals surface area (Å²) >= 11 is 5.12. The molecule has 0 bridgehead atoms. The first-order valence-electron chi connectivity index (χ1n) is 8.78. The Bertz CT molecular complexity index is 676. The maximum atomic E-state index is 13.0. The Morgan fingerprint density at radius 2 is 1.54 bits per heavy atom. The molecule has 1 aliphatic heterocycles. The lowest BCUT2D eigenvalue weighted by molar-refractivity contribution is -0.143. The number of likely N-dealkylation sites (tertiary alicyclic amines) is 1. The Morgan fingerprint density at radius 1 is 1.00 bits per heavy atom. The smallest absolute Gasteiger partial charge is 0.358 e. The fourth-order valence-electron chi connectivity index (χ4n) is 3.08. The highest BCUT2D eigenvalue weighted by molar-refractivity contribution is 7.80. The maximum absolute atomic E-state index is 13.0. The third-order valence-electron chi connectivity index (χ3n) is 4.55. The van der Waals surface area contributed by atoms with E-state index < -0.39 is 23.5 Å². The SMILES string of the molecule is CC(C)(C)N1CCC[C@H](NC(=S)Nc2cc(C(F)(F)F)cc(C(F)(F)F)c2)C1. The van der Waals surface area contributed by atoms with Crippen molar-refractivity contribution in [3.05, 3.63) is 29.3 Å². The van der Waals surface area contributed by atoms with E-state index in [4.69, 9.17) is 12.2 Å². The van der Waals surface area contributed by atoms with Crippen LogP contribution in [0.4, 0.5) is 32.0 Å². The van der Waals surface area contributed by atoms with Gasteiger partial charge in [0.1, 0.15) is 0 Å². The molecule has 158 valence electrons. The van der Waals surface area contributed by atoms with Gasteiger partial charge in [-0.2, -0.15) is 26.3 Å². The minimum Gasteiger partial charge on any atom is -0.358 e. The number of nitrogens with one attached hydrogen (secondary N) is 2. The number of benzene rings is 1. The fourth-order valence-corrected chi connectivity index (χ4v) is 3.37. The zero-order chi connectivity index (χ0) is 21.3. The van der Waals surface area contributed by atoms with Crippen LogP contribution >= 0.6 is 12.2 Å². The second-order valence-electron chi connectivity index (χ2n) is 7.85. The lowest BCUT2D eigenvalue weighted by Gasteiger charge is -2.42. The molecule has 3 nitrogen and oxygen atoms in total. The third kappa shape index (κ3) is 6.23.